The molecule has 0 aliphatic rings. The van der Waals surface area contributed by atoms with Gasteiger partial charge in [0.1, 0.15) is 5.76 Å². The fraction of sp³-hybridized carbons (Fsp3) is 0.231. The summed E-state index contributed by atoms with van der Waals surface area (Å²) in [6, 6.07) is 10.5. The van der Waals surface area contributed by atoms with Crippen molar-refractivity contribution in [2.45, 2.75) is 19.5 Å². The molecule has 0 fully saturated rings. The molecule has 0 bridgehead atoms. The molecule has 1 aromatic carbocycles. The van der Waals surface area contributed by atoms with Gasteiger partial charge in [-0.1, -0.05) is 28.1 Å². The molecule has 90 valence electrons. The molecule has 0 radical (unpaired) electrons. The molecule has 0 spiro atoms. The van der Waals surface area contributed by atoms with Gasteiger partial charge >= 0.3 is 0 Å². The fourth-order valence-corrected chi connectivity index (χ4v) is 2.35. The Bertz CT molecular complexity index is 496. The van der Waals surface area contributed by atoms with Crippen LogP contribution in [-0.4, -0.2) is 0 Å². The number of halogens is 2. The van der Waals surface area contributed by atoms with Crippen LogP contribution in [0.25, 0.3) is 0 Å². The summed E-state index contributed by atoms with van der Waals surface area (Å²) < 4.78 is 7.46. The first-order chi connectivity index (χ1) is 8.16. The number of hydrogen-bond donors (Lipinski definition) is 1. The van der Waals surface area contributed by atoms with Crippen molar-refractivity contribution >= 4 is 31.9 Å². The van der Waals surface area contributed by atoms with E-state index < -0.39 is 0 Å². The highest BCUT2D eigenvalue weighted by Crippen LogP contribution is 2.20. The SMILES string of the molecule is CC(NCc1occc1Br)c1cccc(Br)c1. The second kappa shape index (κ2) is 5.85. The van der Waals surface area contributed by atoms with E-state index in [1.807, 2.05) is 18.2 Å². The van der Waals surface area contributed by atoms with E-state index in [4.69, 9.17) is 4.42 Å². The molecule has 17 heavy (non-hydrogen) atoms. The lowest BCUT2D eigenvalue weighted by atomic mass is 10.1. The minimum absolute atomic E-state index is 0.282. The Labute approximate surface area is 118 Å². The molecular weight excluding hydrogens is 346 g/mol. The molecule has 1 unspecified atom stereocenters. The van der Waals surface area contributed by atoms with E-state index in [0.717, 1.165) is 14.7 Å². The highest BCUT2D eigenvalue weighted by atomic mass is 79.9. The Kier molecular flexibility index (Phi) is 4.42. The number of rotatable bonds is 4. The summed E-state index contributed by atoms with van der Waals surface area (Å²) in [5, 5.41) is 3.42. The van der Waals surface area contributed by atoms with Gasteiger partial charge in [-0.25, -0.2) is 0 Å². The Balaban J connectivity index is 1.98. The van der Waals surface area contributed by atoms with Crippen molar-refractivity contribution in [3.8, 4) is 0 Å². The quantitative estimate of drug-likeness (QED) is 0.860. The lowest BCUT2D eigenvalue weighted by molar-refractivity contribution is 0.458. The summed E-state index contributed by atoms with van der Waals surface area (Å²) >= 11 is 6.92. The van der Waals surface area contributed by atoms with Crippen molar-refractivity contribution in [1.29, 1.82) is 0 Å². The van der Waals surface area contributed by atoms with Gasteiger partial charge in [0.2, 0.25) is 0 Å². The standard InChI is InChI=1S/C13H13Br2NO/c1-9(10-3-2-4-11(14)7-10)16-8-13-12(15)5-6-17-13/h2-7,9,16H,8H2,1H3. The van der Waals surface area contributed by atoms with Gasteiger partial charge in [0.25, 0.3) is 0 Å². The van der Waals surface area contributed by atoms with E-state index in [1.165, 1.54) is 5.56 Å². The van der Waals surface area contributed by atoms with Crippen molar-refractivity contribution < 1.29 is 4.42 Å². The van der Waals surface area contributed by atoms with E-state index in [1.54, 1.807) is 6.26 Å². The Morgan fingerprint density at radius 3 is 2.76 bits per heavy atom. The molecule has 1 N–H and O–H groups in total. The summed E-state index contributed by atoms with van der Waals surface area (Å²) in [7, 11) is 0. The normalized spacial score (nSPS) is 12.6. The first-order valence-electron chi connectivity index (χ1n) is 5.37. The van der Waals surface area contributed by atoms with Crippen LogP contribution in [0.3, 0.4) is 0 Å². The Morgan fingerprint density at radius 2 is 2.12 bits per heavy atom. The number of hydrogen-bond acceptors (Lipinski definition) is 2. The van der Waals surface area contributed by atoms with Crippen molar-refractivity contribution in [1.82, 2.24) is 5.32 Å². The molecule has 4 heteroatoms. The molecule has 0 saturated carbocycles. The van der Waals surface area contributed by atoms with E-state index in [2.05, 4.69) is 56.2 Å². The summed E-state index contributed by atoms with van der Waals surface area (Å²) in [5.41, 5.74) is 1.25. The van der Waals surface area contributed by atoms with Gasteiger partial charge in [0.05, 0.1) is 17.3 Å². The number of benzene rings is 1. The van der Waals surface area contributed by atoms with Crippen LogP contribution in [0.15, 0.2) is 50.0 Å². The first kappa shape index (κ1) is 12.9. The van der Waals surface area contributed by atoms with Crippen LogP contribution in [0, 0.1) is 0 Å². The minimum atomic E-state index is 0.282. The van der Waals surface area contributed by atoms with Gasteiger partial charge in [-0.05, 0) is 46.6 Å². The van der Waals surface area contributed by atoms with Gasteiger partial charge in [-0.15, -0.1) is 0 Å². The monoisotopic (exact) mass is 357 g/mol. The molecule has 0 aliphatic carbocycles. The first-order valence-corrected chi connectivity index (χ1v) is 6.96. The van der Waals surface area contributed by atoms with Gasteiger partial charge < -0.3 is 9.73 Å². The van der Waals surface area contributed by atoms with E-state index in [-0.39, 0.29) is 6.04 Å². The number of nitrogens with one attached hydrogen (secondary N) is 1. The molecule has 0 aliphatic heterocycles. The molecule has 2 nitrogen and oxygen atoms in total. The second-order valence-electron chi connectivity index (χ2n) is 3.85. The molecule has 0 amide bonds. The predicted molar refractivity (Wildman–Crippen MR) is 75.8 cm³/mol. The Hall–Kier alpha value is -0.580. The average Bonchev–Trinajstić information content (AvgIpc) is 2.72. The zero-order valence-corrected chi connectivity index (χ0v) is 12.6. The van der Waals surface area contributed by atoms with Crippen molar-refractivity contribution in [3.63, 3.8) is 0 Å². The van der Waals surface area contributed by atoms with E-state index in [0.29, 0.717) is 6.54 Å². The third kappa shape index (κ3) is 3.44. The summed E-state index contributed by atoms with van der Waals surface area (Å²) in [4.78, 5) is 0. The molecule has 2 aromatic rings. The zero-order chi connectivity index (χ0) is 12.3. The topological polar surface area (TPSA) is 25.2 Å². The highest BCUT2D eigenvalue weighted by molar-refractivity contribution is 9.10. The summed E-state index contributed by atoms with van der Waals surface area (Å²) in [6.07, 6.45) is 1.69. The smallest absolute Gasteiger partial charge is 0.131 e. The lowest BCUT2D eigenvalue weighted by Gasteiger charge is -2.13. The molecule has 1 atom stereocenters. The maximum absolute atomic E-state index is 5.36. The van der Waals surface area contributed by atoms with Crippen LogP contribution in [0.1, 0.15) is 24.3 Å². The van der Waals surface area contributed by atoms with Gasteiger partial charge in [0.15, 0.2) is 0 Å². The maximum atomic E-state index is 5.36. The minimum Gasteiger partial charge on any atom is -0.467 e. The molecular formula is C13H13Br2NO. The molecule has 1 heterocycles. The van der Waals surface area contributed by atoms with Gasteiger partial charge in [-0.2, -0.15) is 0 Å². The summed E-state index contributed by atoms with van der Waals surface area (Å²) in [6.45, 7) is 2.85. The van der Waals surface area contributed by atoms with Gasteiger partial charge in [0, 0.05) is 10.5 Å². The third-order valence-corrected chi connectivity index (χ3v) is 3.81. The predicted octanol–water partition coefficient (Wildman–Crippen LogP) is 4.66. The summed E-state index contributed by atoms with van der Waals surface area (Å²) in [5.74, 6) is 0.923. The third-order valence-electron chi connectivity index (χ3n) is 2.61. The second-order valence-corrected chi connectivity index (χ2v) is 5.62. The zero-order valence-electron chi connectivity index (χ0n) is 9.41. The van der Waals surface area contributed by atoms with Crippen LogP contribution in [0.5, 0.6) is 0 Å². The van der Waals surface area contributed by atoms with Crippen molar-refractivity contribution in [2.75, 3.05) is 0 Å². The maximum Gasteiger partial charge on any atom is 0.131 e. The van der Waals surface area contributed by atoms with Crippen molar-refractivity contribution in [3.05, 3.63) is 56.9 Å². The van der Waals surface area contributed by atoms with Crippen LogP contribution < -0.4 is 5.32 Å². The average molecular weight is 359 g/mol. The lowest BCUT2D eigenvalue weighted by Crippen LogP contribution is -2.17. The van der Waals surface area contributed by atoms with Crippen LogP contribution >= 0.6 is 31.9 Å². The highest BCUT2D eigenvalue weighted by Gasteiger charge is 2.08. The van der Waals surface area contributed by atoms with Gasteiger partial charge in [-0.3, -0.25) is 0 Å². The Morgan fingerprint density at radius 1 is 1.29 bits per heavy atom. The molecule has 0 saturated heterocycles. The van der Waals surface area contributed by atoms with Crippen LogP contribution in [0.4, 0.5) is 0 Å². The van der Waals surface area contributed by atoms with E-state index >= 15 is 0 Å². The van der Waals surface area contributed by atoms with Crippen LogP contribution in [-0.2, 0) is 6.54 Å². The molecule has 2 rings (SSSR count). The van der Waals surface area contributed by atoms with Crippen molar-refractivity contribution in [2.24, 2.45) is 0 Å². The van der Waals surface area contributed by atoms with E-state index in [9.17, 15) is 0 Å². The van der Waals surface area contributed by atoms with Crippen LogP contribution in [0.2, 0.25) is 0 Å². The fourth-order valence-electron chi connectivity index (χ4n) is 1.59. The molecule has 1 aromatic heterocycles. The number of furan rings is 1. The largest absolute Gasteiger partial charge is 0.467 e.